The van der Waals surface area contributed by atoms with Crippen molar-refractivity contribution in [3.63, 3.8) is 0 Å². The highest BCUT2D eigenvalue weighted by molar-refractivity contribution is 7.89. The molecule has 2 N–H and O–H groups in total. The number of aryl methyl sites for hydroxylation is 2. The summed E-state index contributed by atoms with van der Waals surface area (Å²) in [5.41, 5.74) is 2.37. The zero-order chi connectivity index (χ0) is 21.7. The number of nitrogens with zero attached hydrogens (tertiary/aromatic N) is 3. The van der Waals surface area contributed by atoms with Crippen molar-refractivity contribution in [1.82, 2.24) is 20.0 Å². The highest BCUT2D eigenvalue weighted by atomic mass is 32.2. The lowest BCUT2D eigenvalue weighted by Gasteiger charge is -2.32. The van der Waals surface area contributed by atoms with Gasteiger partial charge in [0.05, 0.1) is 4.90 Å². The lowest BCUT2D eigenvalue weighted by atomic mass is 9.92. The van der Waals surface area contributed by atoms with Crippen LogP contribution in [0.15, 0.2) is 41.6 Å². The fraction of sp³-hybridized carbons (Fsp3) is 0.500. The first-order valence-corrected chi connectivity index (χ1v) is 12.4. The van der Waals surface area contributed by atoms with Crippen molar-refractivity contribution in [3.8, 4) is 0 Å². The molecule has 9 heteroatoms. The fourth-order valence-corrected chi connectivity index (χ4v) is 5.32. The molecule has 2 heterocycles. The number of anilines is 1. The van der Waals surface area contributed by atoms with Gasteiger partial charge in [-0.15, -0.1) is 0 Å². The fourth-order valence-electron chi connectivity index (χ4n) is 4.24. The van der Waals surface area contributed by atoms with Gasteiger partial charge in [-0.05, 0) is 67.9 Å². The number of piperidine rings is 1. The largest absolute Gasteiger partial charge is 0.353 e. The zero-order valence-corrected chi connectivity index (χ0v) is 18.4. The van der Waals surface area contributed by atoms with Crippen molar-refractivity contribution in [2.24, 2.45) is 0 Å². The van der Waals surface area contributed by atoms with Crippen LogP contribution in [0.5, 0.6) is 0 Å². The number of carbonyl (C=O) groups is 1. The molecule has 0 bridgehead atoms. The Kier molecular flexibility index (Phi) is 6.82. The van der Waals surface area contributed by atoms with Gasteiger partial charge < -0.3 is 10.2 Å². The van der Waals surface area contributed by atoms with Gasteiger partial charge >= 0.3 is 0 Å². The Morgan fingerprint density at radius 1 is 1.06 bits per heavy atom. The molecule has 0 saturated carbocycles. The van der Waals surface area contributed by atoms with Crippen LogP contribution in [-0.2, 0) is 27.7 Å². The second-order valence-corrected chi connectivity index (χ2v) is 9.93. The van der Waals surface area contributed by atoms with Gasteiger partial charge in [0.25, 0.3) is 0 Å². The summed E-state index contributed by atoms with van der Waals surface area (Å²) in [5, 5.41) is 3.02. The minimum atomic E-state index is -3.61. The van der Waals surface area contributed by atoms with E-state index in [1.165, 1.54) is 5.56 Å². The van der Waals surface area contributed by atoms with E-state index in [0.717, 1.165) is 57.2 Å². The van der Waals surface area contributed by atoms with Crippen LogP contribution in [0.4, 0.5) is 5.95 Å². The van der Waals surface area contributed by atoms with E-state index in [9.17, 15) is 13.2 Å². The van der Waals surface area contributed by atoms with Gasteiger partial charge in [-0.3, -0.25) is 4.79 Å². The normalized spacial score (nSPS) is 17.2. The number of hydrogen-bond donors (Lipinski definition) is 2. The Hall–Kier alpha value is -2.52. The summed E-state index contributed by atoms with van der Waals surface area (Å²) in [7, 11) is -3.61. The maximum atomic E-state index is 12.6. The maximum Gasteiger partial charge on any atom is 0.240 e. The van der Waals surface area contributed by atoms with E-state index in [1.54, 1.807) is 30.6 Å². The zero-order valence-electron chi connectivity index (χ0n) is 17.6. The summed E-state index contributed by atoms with van der Waals surface area (Å²) in [6, 6.07) is 7.24. The molecular weight excluding hydrogens is 414 g/mol. The minimum Gasteiger partial charge on any atom is -0.353 e. The van der Waals surface area contributed by atoms with E-state index in [1.807, 2.05) is 6.07 Å². The topological polar surface area (TPSA) is 104 Å². The molecule has 1 aromatic carbocycles. The van der Waals surface area contributed by atoms with Crippen molar-refractivity contribution in [2.75, 3.05) is 24.5 Å². The average molecular weight is 444 g/mol. The molecular formula is C22H29N5O3S. The van der Waals surface area contributed by atoms with Crippen molar-refractivity contribution >= 4 is 21.9 Å². The quantitative estimate of drug-likeness (QED) is 0.676. The molecule has 0 unspecified atom stereocenters. The third-order valence-corrected chi connectivity index (χ3v) is 7.43. The summed E-state index contributed by atoms with van der Waals surface area (Å²) in [6.07, 6.45) is 9.38. The molecule has 0 radical (unpaired) electrons. The number of amides is 1. The van der Waals surface area contributed by atoms with Gasteiger partial charge in [-0.25, -0.2) is 23.1 Å². The predicted octanol–water partition coefficient (Wildman–Crippen LogP) is 1.81. The SMILES string of the molecule is O=C(CCNS(=O)(=O)c1ccc2c(c1)CCCC2)NC1CCN(c2ncccn2)CC1. The number of benzene rings is 1. The molecule has 0 spiro atoms. The standard InChI is InChI=1S/C22H29N5O3S/c28-21(26-19-9-14-27(15-10-19)22-23-11-3-12-24-22)8-13-25-31(29,30)20-7-6-17-4-1-2-5-18(17)16-20/h3,6-7,11-12,16,19,25H,1-2,4-5,8-10,13-15H2,(H,26,28). The minimum absolute atomic E-state index is 0.0853. The molecule has 166 valence electrons. The second-order valence-electron chi connectivity index (χ2n) is 8.16. The molecule has 1 aliphatic heterocycles. The maximum absolute atomic E-state index is 12.6. The van der Waals surface area contributed by atoms with E-state index in [4.69, 9.17) is 0 Å². The van der Waals surface area contributed by atoms with Crippen LogP contribution in [0, 0.1) is 0 Å². The third kappa shape index (κ3) is 5.59. The lowest BCUT2D eigenvalue weighted by Crippen LogP contribution is -2.45. The Morgan fingerprint density at radius 2 is 1.77 bits per heavy atom. The van der Waals surface area contributed by atoms with Crippen LogP contribution in [0.2, 0.25) is 0 Å². The Labute approximate surface area is 183 Å². The molecule has 31 heavy (non-hydrogen) atoms. The Morgan fingerprint density at radius 3 is 2.52 bits per heavy atom. The van der Waals surface area contributed by atoms with Crippen molar-refractivity contribution in [2.45, 2.75) is 55.9 Å². The molecule has 1 fully saturated rings. The van der Waals surface area contributed by atoms with Gasteiger partial charge in [-0.2, -0.15) is 0 Å². The highest BCUT2D eigenvalue weighted by Crippen LogP contribution is 2.24. The monoisotopic (exact) mass is 443 g/mol. The number of aromatic nitrogens is 2. The number of carbonyl (C=O) groups excluding carboxylic acids is 1. The first-order chi connectivity index (χ1) is 15.0. The van der Waals surface area contributed by atoms with Crippen molar-refractivity contribution in [3.05, 3.63) is 47.8 Å². The lowest BCUT2D eigenvalue weighted by molar-refractivity contribution is -0.121. The summed E-state index contributed by atoms with van der Waals surface area (Å²) < 4.78 is 27.8. The van der Waals surface area contributed by atoms with Crippen LogP contribution < -0.4 is 14.9 Å². The smallest absolute Gasteiger partial charge is 0.240 e. The number of hydrogen-bond acceptors (Lipinski definition) is 6. The van der Waals surface area contributed by atoms with Crippen molar-refractivity contribution < 1.29 is 13.2 Å². The molecule has 1 aliphatic carbocycles. The summed E-state index contributed by atoms with van der Waals surface area (Å²) in [5.74, 6) is 0.575. The van der Waals surface area contributed by atoms with Crippen LogP contribution in [0.3, 0.4) is 0 Å². The second kappa shape index (κ2) is 9.74. The third-order valence-electron chi connectivity index (χ3n) is 5.97. The Bertz CT molecular complexity index is 1010. The van der Waals surface area contributed by atoms with Gasteiger partial charge in [-0.1, -0.05) is 6.07 Å². The molecule has 1 aromatic heterocycles. The average Bonchev–Trinajstić information content (AvgIpc) is 2.79. The predicted molar refractivity (Wildman–Crippen MR) is 118 cm³/mol. The first kappa shape index (κ1) is 21.7. The molecule has 1 amide bonds. The van der Waals surface area contributed by atoms with Crippen LogP contribution in [0.25, 0.3) is 0 Å². The summed E-state index contributed by atoms with van der Waals surface area (Å²) in [4.78, 5) is 23.2. The number of sulfonamides is 1. The number of rotatable bonds is 7. The molecule has 2 aliphatic rings. The molecule has 4 rings (SSSR count). The molecule has 1 saturated heterocycles. The van der Waals surface area contributed by atoms with Crippen LogP contribution in [-0.4, -0.2) is 50.0 Å². The summed E-state index contributed by atoms with van der Waals surface area (Å²) in [6.45, 7) is 1.64. The van der Waals surface area contributed by atoms with Gasteiger partial charge in [0, 0.05) is 44.5 Å². The Balaban J connectivity index is 1.21. The molecule has 2 aromatic rings. The van der Waals surface area contributed by atoms with Gasteiger partial charge in [0.15, 0.2) is 0 Å². The number of fused-ring (bicyclic) bond motifs is 1. The van der Waals surface area contributed by atoms with Gasteiger partial charge in [0.2, 0.25) is 21.9 Å². The summed E-state index contributed by atoms with van der Waals surface area (Å²) >= 11 is 0. The van der Waals surface area contributed by atoms with Crippen LogP contribution in [0.1, 0.15) is 43.2 Å². The molecule has 0 atom stereocenters. The van der Waals surface area contributed by atoms with E-state index >= 15 is 0 Å². The van der Waals surface area contributed by atoms with E-state index in [2.05, 4.69) is 24.9 Å². The number of nitrogens with one attached hydrogen (secondary N) is 2. The van der Waals surface area contributed by atoms with Gasteiger partial charge in [0.1, 0.15) is 0 Å². The highest BCUT2D eigenvalue weighted by Gasteiger charge is 2.22. The van der Waals surface area contributed by atoms with E-state index in [0.29, 0.717) is 5.95 Å². The van der Waals surface area contributed by atoms with E-state index in [-0.39, 0.29) is 29.8 Å². The van der Waals surface area contributed by atoms with E-state index < -0.39 is 10.0 Å². The van der Waals surface area contributed by atoms with Crippen LogP contribution >= 0.6 is 0 Å². The molecule has 8 nitrogen and oxygen atoms in total. The first-order valence-electron chi connectivity index (χ1n) is 10.9. The van der Waals surface area contributed by atoms with Crippen molar-refractivity contribution in [1.29, 1.82) is 0 Å².